The monoisotopic (exact) mass is 256 g/mol. The molecule has 0 saturated carbocycles. The van der Waals surface area contributed by atoms with Crippen molar-refractivity contribution in [1.29, 1.82) is 0 Å². The molecule has 0 bridgehead atoms. The van der Waals surface area contributed by atoms with Gasteiger partial charge in [0.15, 0.2) is 8.32 Å². The SMILES string of the molecule is CC[C@H]1OC=C[C@H](O[Si](C)(C)C(C)(C)C)[C@H]1C. The summed E-state index contributed by atoms with van der Waals surface area (Å²) >= 11 is 0. The van der Waals surface area contributed by atoms with Gasteiger partial charge in [-0.3, -0.25) is 0 Å². The van der Waals surface area contributed by atoms with Gasteiger partial charge in [0.05, 0.1) is 12.4 Å². The molecule has 3 heteroatoms. The van der Waals surface area contributed by atoms with Gasteiger partial charge in [-0.2, -0.15) is 0 Å². The van der Waals surface area contributed by atoms with Crippen LogP contribution in [0.4, 0.5) is 0 Å². The van der Waals surface area contributed by atoms with E-state index in [1.165, 1.54) is 0 Å². The highest BCUT2D eigenvalue weighted by Gasteiger charge is 2.41. The molecule has 1 heterocycles. The van der Waals surface area contributed by atoms with Gasteiger partial charge in [-0.25, -0.2) is 0 Å². The van der Waals surface area contributed by atoms with Crippen LogP contribution in [-0.4, -0.2) is 20.5 Å². The molecule has 0 radical (unpaired) electrons. The number of hydrogen-bond acceptors (Lipinski definition) is 2. The number of hydrogen-bond donors (Lipinski definition) is 0. The van der Waals surface area contributed by atoms with Gasteiger partial charge in [0.1, 0.15) is 6.10 Å². The van der Waals surface area contributed by atoms with Gasteiger partial charge in [-0.15, -0.1) is 0 Å². The molecule has 0 spiro atoms. The Morgan fingerprint density at radius 1 is 1.29 bits per heavy atom. The maximum Gasteiger partial charge on any atom is 0.192 e. The molecule has 0 fully saturated rings. The second-order valence-corrected chi connectivity index (χ2v) is 11.4. The Bertz CT molecular complexity index is 278. The lowest BCUT2D eigenvalue weighted by Gasteiger charge is -2.42. The van der Waals surface area contributed by atoms with Crippen molar-refractivity contribution < 1.29 is 9.16 Å². The Hall–Kier alpha value is -0.283. The molecular weight excluding hydrogens is 228 g/mol. The summed E-state index contributed by atoms with van der Waals surface area (Å²) in [7, 11) is -1.68. The lowest BCUT2D eigenvalue weighted by Crippen LogP contribution is -2.47. The molecule has 1 rings (SSSR count). The highest BCUT2D eigenvalue weighted by molar-refractivity contribution is 6.74. The van der Waals surface area contributed by atoms with Gasteiger partial charge < -0.3 is 9.16 Å². The Kier molecular flexibility index (Phi) is 4.47. The van der Waals surface area contributed by atoms with Gasteiger partial charge in [0.25, 0.3) is 0 Å². The standard InChI is InChI=1S/C14H28O2Si/c1-8-12-11(2)13(9-10-15-12)16-17(6,7)14(3,4)5/h9-13H,8H2,1-7H3/t11-,12+,13-/m0/s1. The summed E-state index contributed by atoms with van der Waals surface area (Å²) in [4.78, 5) is 0. The summed E-state index contributed by atoms with van der Waals surface area (Å²) in [5, 5.41) is 0.264. The molecule has 17 heavy (non-hydrogen) atoms. The first-order valence-electron chi connectivity index (χ1n) is 6.69. The third kappa shape index (κ3) is 3.35. The predicted molar refractivity (Wildman–Crippen MR) is 75.5 cm³/mol. The maximum atomic E-state index is 6.46. The van der Waals surface area contributed by atoms with Crippen LogP contribution in [0.15, 0.2) is 12.3 Å². The summed E-state index contributed by atoms with van der Waals surface area (Å²) < 4.78 is 12.1. The van der Waals surface area contributed by atoms with E-state index in [1.54, 1.807) is 0 Å². The first kappa shape index (κ1) is 14.8. The molecule has 0 aromatic carbocycles. The minimum atomic E-state index is -1.68. The van der Waals surface area contributed by atoms with E-state index in [2.05, 4.69) is 53.8 Å². The molecule has 3 atom stereocenters. The summed E-state index contributed by atoms with van der Waals surface area (Å²) in [5.74, 6) is 0.444. The van der Waals surface area contributed by atoms with Crippen LogP contribution in [0.3, 0.4) is 0 Å². The van der Waals surface area contributed by atoms with Gasteiger partial charge in [-0.05, 0) is 30.6 Å². The zero-order valence-electron chi connectivity index (χ0n) is 12.4. The normalized spacial score (nSPS) is 30.2. The highest BCUT2D eigenvalue weighted by Crippen LogP contribution is 2.39. The molecule has 0 N–H and O–H groups in total. The Balaban J connectivity index is 2.75. The van der Waals surface area contributed by atoms with E-state index in [0.717, 1.165) is 6.42 Å². The molecule has 0 aromatic rings. The highest BCUT2D eigenvalue weighted by atomic mass is 28.4. The van der Waals surface area contributed by atoms with Crippen molar-refractivity contribution in [1.82, 2.24) is 0 Å². The third-order valence-electron chi connectivity index (χ3n) is 4.27. The zero-order valence-corrected chi connectivity index (χ0v) is 13.4. The van der Waals surface area contributed by atoms with Crippen LogP contribution >= 0.6 is 0 Å². The van der Waals surface area contributed by atoms with E-state index in [1.807, 2.05) is 6.26 Å². The fourth-order valence-corrected chi connectivity index (χ4v) is 3.19. The van der Waals surface area contributed by atoms with Crippen molar-refractivity contribution in [2.75, 3.05) is 0 Å². The van der Waals surface area contributed by atoms with Gasteiger partial charge >= 0.3 is 0 Å². The van der Waals surface area contributed by atoms with Crippen LogP contribution < -0.4 is 0 Å². The van der Waals surface area contributed by atoms with E-state index in [-0.39, 0.29) is 11.1 Å². The van der Waals surface area contributed by atoms with Crippen LogP contribution in [0.2, 0.25) is 18.1 Å². The lowest BCUT2D eigenvalue weighted by molar-refractivity contribution is 0.0145. The molecular formula is C14H28O2Si. The predicted octanol–water partition coefficient (Wildman–Crippen LogP) is 4.34. The van der Waals surface area contributed by atoms with Crippen molar-refractivity contribution >= 4 is 8.32 Å². The molecule has 0 unspecified atom stereocenters. The van der Waals surface area contributed by atoms with Crippen molar-refractivity contribution in [3.63, 3.8) is 0 Å². The smallest absolute Gasteiger partial charge is 0.192 e. The van der Waals surface area contributed by atoms with Gasteiger partial charge in [0, 0.05) is 5.92 Å². The van der Waals surface area contributed by atoms with E-state index >= 15 is 0 Å². The van der Waals surface area contributed by atoms with Crippen LogP contribution in [0.1, 0.15) is 41.0 Å². The Morgan fingerprint density at radius 2 is 1.88 bits per heavy atom. The van der Waals surface area contributed by atoms with Crippen molar-refractivity contribution in [3.8, 4) is 0 Å². The molecule has 100 valence electrons. The van der Waals surface area contributed by atoms with Crippen molar-refractivity contribution in [3.05, 3.63) is 12.3 Å². The number of ether oxygens (including phenoxy) is 1. The maximum absolute atomic E-state index is 6.46. The average Bonchev–Trinajstić information content (AvgIpc) is 2.19. The molecule has 0 amide bonds. The summed E-state index contributed by atoms with van der Waals surface area (Å²) in [6.45, 7) is 15.9. The quantitative estimate of drug-likeness (QED) is 0.700. The molecule has 0 aliphatic carbocycles. The molecule has 0 aromatic heterocycles. The second kappa shape index (κ2) is 5.15. The van der Waals surface area contributed by atoms with Crippen LogP contribution in [0.25, 0.3) is 0 Å². The number of rotatable bonds is 3. The first-order valence-corrected chi connectivity index (χ1v) is 9.60. The lowest BCUT2D eigenvalue weighted by atomic mass is 9.95. The third-order valence-corrected chi connectivity index (χ3v) is 8.74. The molecule has 0 saturated heterocycles. The minimum Gasteiger partial charge on any atom is -0.498 e. The van der Waals surface area contributed by atoms with E-state index < -0.39 is 8.32 Å². The Labute approximate surface area is 108 Å². The zero-order chi connectivity index (χ0) is 13.3. The fourth-order valence-electron chi connectivity index (χ4n) is 1.87. The van der Waals surface area contributed by atoms with E-state index in [0.29, 0.717) is 12.0 Å². The largest absolute Gasteiger partial charge is 0.498 e. The van der Waals surface area contributed by atoms with E-state index in [4.69, 9.17) is 9.16 Å². The topological polar surface area (TPSA) is 18.5 Å². The van der Waals surface area contributed by atoms with Crippen LogP contribution in [0.5, 0.6) is 0 Å². The Morgan fingerprint density at radius 3 is 2.35 bits per heavy atom. The summed E-state index contributed by atoms with van der Waals surface area (Å²) in [6.07, 6.45) is 5.47. The van der Waals surface area contributed by atoms with Crippen LogP contribution in [-0.2, 0) is 9.16 Å². The van der Waals surface area contributed by atoms with Gasteiger partial charge in [-0.1, -0.05) is 34.6 Å². The average molecular weight is 256 g/mol. The summed E-state index contributed by atoms with van der Waals surface area (Å²) in [6, 6.07) is 0. The molecule has 1 aliphatic heterocycles. The first-order chi connectivity index (χ1) is 7.69. The van der Waals surface area contributed by atoms with Crippen LogP contribution in [0, 0.1) is 5.92 Å². The fraction of sp³-hybridized carbons (Fsp3) is 0.857. The molecule has 2 nitrogen and oxygen atoms in total. The molecule has 1 aliphatic rings. The minimum absolute atomic E-state index is 0.217. The van der Waals surface area contributed by atoms with Crippen molar-refractivity contribution in [2.24, 2.45) is 5.92 Å². The van der Waals surface area contributed by atoms with E-state index in [9.17, 15) is 0 Å². The van der Waals surface area contributed by atoms with Crippen molar-refractivity contribution in [2.45, 2.75) is 71.4 Å². The van der Waals surface area contributed by atoms with Gasteiger partial charge in [0.2, 0.25) is 0 Å². The summed E-state index contributed by atoms with van der Waals surface area (Å²) in [5.41, 5.74) is 0. The second-order valence-electron chi connectivity index (χ2n) is 6.61.